The summed E-state index contributed by atoms with van der Waals surface area (Å²) in [6.07, 6.45) is 0. The first-order valence-corrected chi connectivity index (χ1v) is 8.50. The first kappa shape index (κ1) is 18.7. The molecule has 0 aliphatic rings. The van der Waals surface area contributed by atoms with Gasteiger partial charge in [-0.15, -0.1) is 0 Å². The van der Waals surface area contributed by atoms with Crippen molar-refractivity contribution in [3.05, 3.63) is 77.2 Å². The average Bonchev–Trinajstić information content (AvgIpc) is 2.68. The summed E-state index contributed by atoms with van der Waals surface area (Å²) in [4.78, 5) is 32.3. The molecule has 1 aromatic heterocycles. The lowest BCUT2D eigenvalue weighted by Crippen LogP contribution is -2.15. The van der Waals surface area contributed by atoms with Crippen molar-refractivity contribution in [2.45, 2.75) is 13.8 Å². The van der Waals surface area contributed by atoms with Crippen molar-refractivity contribution in [2.75, 3.05) is 10.6 Å². The van der Waals surface area contributed by atoms with E-state index in [1.807, 2.05) is 0 Å². The second kappa shape index (κ2) is 8.10. The number of benzene rings is 2. The Morgan fingerprint density at radius 3 is 2.21 bits per heavy atom. The summed E-state index contributed by atoms with van der Waals surface area (Å²) in [6, 6.07) is 17.1. The Kier molecular flexibility index (Phi) is 5.42. The number of rotatable bonds is 5. The van der Waals surface area contributed by atoms with Crippen LogP contribution in [0.25, 0.3) is 0 Å². The molecule has 0 atom stereocenters. The van der Waals surface area contributed by atoms with Crippen molar-refractivity contribution in [3.8, 4) is 6.07 Å². The van der Waals surface area contributed by atoms with Gasteiger partial charge in [-0.25, -0.2) is 9.97 Å². The van der Waals surface area contributed by atoms with Gasteiger partial charge < -0.3 is 10.6 Å². The number of anilines is 3. The van der Waals surface area contributed by atoms with Crippen LogP contribution in [0.2, 0.25) is 0 Å². The Morgan fingerprint density at radius 1 is 0.964 bits per heavy atom. The third-order valence-corrected chi connectivity index (χ3v) is 3.91. The van der Waals surface area contributed by atoms with E-state index in [0.29, 0.717) is 28.5 Å². The highest BCUT2D eigenvalue weighted by atomic mass is 16.2. The Balaban J connectivity index is 1.76. The van der Waals surface area contributed by atoms with Crippen LogP contribution in [0.3, 0.4) is 0 Å². The van der Waals surface area contributed by atoms with Gasteiger partial charge in [0, 0.05) is 23.0 Å². The molecule has 0 fully saturated rings. The normalized spacial score (nSPS) is 10.0. The van der Waals surface area contributed by atoms with Crippen molar-refractivity contribution >= 4 is 28.9 Å². The molecule has 0 aliphatic carbocycles. The zero-order chi connectivity index (χ0) is 20.1. The molecule has 0 saturated heterocycles. The van der Waals surface area contributed by atoms with Gasteiger partial charge in [-0.3, -0.25) is 9.59 Å². The molecule has 1 amide bonds. The number of hydrogen-bond donors (Lipinski definition) is 2. The first-order valence-electron chi connectivity index (χ1n) is 8.50. The van der Waals surface area contributed by atoms with Gasteiger partial charge in [-0.2, -0.15) is 5.26 Å². The van der Waals surface area contributed by atoms with Crippen molar-refractivity contribution in [3.63, 3.8) is 0 Å². The SMILES string of the molecule is CC(=O)c1ccc(NC(=O)c2cc(Nc3ccc(C#N)cc3)nc(C)n2)cc1. The zero-order valence-electron chi connectivity index (χ0n) is 15.4. The summed E-state index contributed by atoms with van der Waals surface area (Å²) < 4.78 is 0. The number of nitrogens with one attached hydrogen (secondary N) is 2. The molecule has 3 rings (SSSR count). The molecule has 2 N–H and O–H groups in total. The van der Waals surface area contributed by atoms with E-state index in [1.54, 1.807) is 61.5 Å². The predicted octanol–water partition coefficient (Wildman–Crippen LogP) is 3.86. The Bertz CT molecular complexity index is 1070. The fraction of sp³-hybridized carbons (Fsp3) is 0.0952. The summed E-state index contributed by atoms with van der Waals surface area (Å²) in [5.74, 6) is 0.483. The van der Waals surface area contributed by atoms with Crippen LogP contribution in [0.1, 0.15) is 39.2 Å². The van der Waals surface area contributed by atoms with E-state index >= 15 is 0 Å². The van der Waals surface area contributed by atoms with E-state index in [4.69, 9.17) is 5.26 Å². The molecule has 0 spiro atoms. The summed E-state index contributed by atoms with van der Waals surface area (Å²) >= 11 is 0. The summed E-state index contributed by atoms with van der Waals surface area (Å²) in [5.41, 5.74) is 2.64. The molecule has 7 heteroatoms. The number of amides is 1. The standard InChI is InChI=1S/C21H17N5O2/c1-13(27)16-5-9-18(10-6-16)26-21(28)19-11-20(24-14(2)23-19)25-17-7-3-15(12-22)4-8-17/h3-11H,1-2H3,(H,26,28)(H,23,24,25). The number of carbonyl (C=O) groups is 2. The lowest BCUT2D eigenvalue weighted by atomic mass is 10.1. The van der Waals surface area contributed by atoms with Crippen LogP contribution >= 0.6 is 0 Å². The largest absolute Gasteiger partial charge is 0.340 e. The highest BCUT2D eigenvalue weighted by molar-refractivity contribution is 6.03. The molecule has 0 unspecified atom stereocenters. The second-order valence-corrected chi connectivity index (χ2v) is 6.09. The molecule has 0 saturated carbocycles. The van der Waals surface area contributed by atoms with Crippen LogP contribution in [-0.2, 0) is 0 Å². The van der Waals surface area contributed by atoms with Gasteiger partial charge >= 0.3 is 0 Å². The molecular weight excluding hydrogens is 354 g/mol. The monoisotopic (exact) mass is 371 g/mol. The number of ketones is 1. The Morgan fingerprint density at radius 2 is 1.61 bits per heavy atom. The third-order valence-electron chi connectivity index (χ3n) is 3.91. The van der Waals surface area contributed by atoms with Crippen molar-refractivity contribution in [1.29, 1.82) is 5.26 Å². The Hall–Kier alpha value is -4.05. The summed E-state index contributed by atoms with van der Waals surface area (Å²) in [5, 5.41) is 14.7. The van der Waals surface area contributed by atoms with E-state index < -0.39 is 0 Å². The lowest BCUT2D eigenvalue weighted by Gasteiger charge is -2.09. The van der Waals surface area contributed by atoms with Crippen LogP contribution < -0.4 is 10.6 Å². The maximum absolute atomic E-state index is 12.5. The maximum atomic E-state index is 12.5. The molecule has 28 heavy (non-hydrogen) atoms. The number of Topliss-reactive ketones (excluding diaryl/α,β-unsaturated/α-hetero) is 1. The minimum absolute atomic E-state index is 0.0391. The van der Waals surface area contributed by atoms with Gasteiger partial charge in [0.05, 0.1) is 11.6 Å². The predicted molar refractivity (Wildman–Crippen MR) is 106 cm³/mol. The molecule has 7 nitrogen and oxygen atoms in total. The minimum Gasteiger partial charge on any atom is -0.340 e. The molecule has 2 aromatic carbocycles. The van der Waals surface area contributed by atoms with E-state index in [2.05, 4.69) is 26.7 Å². The van der Waals surface area contributed by atoms with Crippen molar-refractivity contribution in [1.82, 2.24) is 9.97 Å². The van der Waals surface area contributed by atoms with E-state index in [1.165, 1.54) is 6.92 Å². The van der Waals surface area contributed by atoms with E-state index in [9.17, 15) is 9.59 Å². The third kappa shape index (κ3) is 4.56. The van der Waals surface area contributed by atoms with Gasteiger partial charge in [0.25, 0.3) is 5.91 Å². The Labute approximate surface area is 162 Å². The number of aryl methyl sites for hydroxylation is 1. The topological polar surface area (TPSA) is 108 Å². The first-order chi connectivity index (χ1) is 13.4. The van der Waals surface area contributed by atoms with Gasteiger partial charge in [-0.05, 0) is 62.4 Å². The van der Waals surface area contributed by atoms with Gasteiger partial charge in [0.1, 0.15) is 17.3 Å². The highest BCUT2D eigenvalue weighted by Crippen LogP contribution is 2.17. The quantitative estimate of drug-likeness (QED) is 0.660. The minimum atomic E-state index is -0.385. The number of carbonyl (C=O) groups excluding carboxylic acids is 2. The van der Waals surface area contributed by atoms with Crippen LogP contribution in [0.5, 0.6) is 0 Å². The van der Waals surface area contributed by atoms with Crippen LogP contribution in [-0.4, -0.2) is 21.7 Å². The van der Waals surface area contributed by atoms with Gasteiger partial charge in [0.15, 0.2) is 5.78 Å². The van der Waals surface area contributed by atoms with Crippen LogP contribution in [0.4, 0.5) is 17.2 Å². The molecule has 0 bridgehead atoms. The van der Waals surface area contributed by atoms with E-state index in [0.717, 1.165) is 5.69 Å². The number of aromatic nitrogens is 2. The van der Waals surface area contributed by atoms with Crippen molar-refractivity contribution in [2.24, 2.45) is 0 Å². The van der Waals surface area contributed by atoms with Crippen LogP contribution in [0.15, 0.2) is 54.6 Å². The molecular formula is C21H17N5O2. The molecule has 138 valence electrons. The van der Waals surface area contributed by atoms with Gasteiger partial charge in [0.2, 0.25) is 0 Å². The summed E-state index contributed by atoms with van der Waals surface area (Å²) in [6.45, 7) is 3.18. The van der Waals surface area contributed by atoms with Crippen LogP contribution in [0, 0.1) is 18.3 Å². The zero-order valence-corrected chi connectivity index (χ0v) is 15.4. The number of nitrogens with zero attached hydrogens (tertiary/aromatic N) is 3. The fourth-order valence-corrected chi connectivity index (χ4v) is 2.51. The number of hydrogen-bond acceptors (Lipinski definition) is 6. The second-order valence-electron chi connectivity index (χ2n) is 6.09. The lowest BCUT2D eigenvalue weighted by molar-refractivity contribution is 0.101. The number of nitriles is 1. The van der Waals surface area contributed by atoms with Crippen molar-refractivity contribution < 1.29 is 9.59 Å². The summed E-state index contributed by atoms with van der Waals surface area (Å²) in [7, 11) is 0. The molecule has 1 heterocycles. The molecule has 3 aromatic rings. The molecule has 0 aliphatic heterocycles. The molecule has 0 radical (unpaired) electrons. The highest BCUT2D eigenvalue weighted by Gasteiger charge is 2.12. The maximum Gasteiger partial charge on any atom is 0.274 e. The average molecular weight is 371 g/mol. The van der Waals surface area contributed by atoms with Gasteiger partial charge in [-0.1, -0.05) is 0 Å². The van der Waals surface area contributed by atoms with E-state index in [-0.39, 0.29) is 17.4 Å². The fourth-order valence-electron chi connectivity index (χ4n) is 2.51. The smallest absolute Gasteiger partial charge is 0.274 e.